The van der Waals surface area contributed by atoms with Gasteiger partial charge < -0.3 is 91.2 Å². The second kappa shape index (κ2) is 56.5. The summed E-state index contributed by atoms with van der Waals surface area (Å²) in [4.78, 5) is 117. The summed E-state index contributed by atoms with van der Waals surface area (Å²) in [7, 11) is 0. The van der Waals surface area contributed by atoms with Crippen LogP contribution in [0.2, 0.25) is 0 Å². The molecule has 0 bridgehead atoms. The zero-order valence-electron chi connectivity index (χ0n) is 74.6. The summed E-state index contributed by atoms with van der Waals surface area (Å²) >= 11 is 0. The van der Waals surface area contributed by atoms with Crippen molar-refractivity contribution in [3.05, 3.63) is 287 Å². The number of carbonyl (C=O) groups is 10. The van der Waals surface area contributed by atoms with Gasteiger partial charge in [0.2, 0.25) is 11.8 Å². The van der Waals surface area contributed by atoms with Gasteiger partial charge in [-0.05, 0) is 63.8 Å². The lowest BCUT2D eigenvalue weighted by molar-refractivity contribution is -0.233. The number of hydrogen-bond donors (Lipinski definition) is 2. The molecule has 5 aliphatic rings. The molecular weight excluding hydrogens is 1670 g/mol. The molecule has 130 heavy (non-hydrogen) atoms. The summed E-state index contributed by atoms with van der Waals surface area (Å²) in [5.41, 5.74) is 7.90. The van der Waals surface area contributed by atoms with Gasteiger partial charge in [-0.2, -0.15) is 0 Å². The van der Waals surface area contributed by atoms with E-state index in [0.717, 1.165) is 64.6 Å². The van der Waals surface area contributed by atoms with E-state index in [1.54, 1.807) is 0 Å². The number of ether oxygens (including phenoxy) is 17. The number of hydrogen-bond acceptors (Lipinski definition) is 27. The molecule has 29 heteroatoms. The Morgan fingerprint density at radius 1 is 0.292 bits per heavy atom. The van der Waals surface area contributed by atoms with Crippen molar-refractivity contribution < 1.29 is 128 Å². The van der Waals surface area contributed by atoms with E-state index in [0.29, 0.717) is 59.1 Å². The van der Waals surface area contributed by atoms with E-state index < -0.39 is 72.6 Å². The van der Waals surface area contributed by atoms with E-state index in [-0.39, 0.29) is 131 Å². The van der Waals surface area contributed by atoms with Crippen LogP contribution in [0.4, 0.5) is 0 Å². The maximum atomic E-state index is 12.8. The highest BCUT2D eigenvalue weighted by molar-refractivity contribution is 5.78. The molecule has 2 amide bonds. The van der Waals surface area contributed by atoms with E-state index in [2.05, 4.69) is 22.8 Å². The zero-order chi connectivity index (χ0) is 92.6. The minimum atomic E-state index is -1.23. The van der Waals surface area contributed by atoms with Gasteiger partial charge >= 0.3 is 47.8 Å². The second-order valence-electron chi connectivity index (χ2n) is 31.6. The monoisotopic (exact) mass is 1790 g/mol. The minimum absolute atomic E-state index is 0.0369. The fourth-order valence-electron chi connectivity index (χ4n) is 14.6. The lowest BCUT2D eigenvalue weighted by atomic mass is 9.87. The fourth-order valence-corrected chi connectivity index (χ4v) is 14.6. The first kappa shape index (κ1) is 102. The van der Waals surface area contributed by atoms with Gasteiger partial charge in [0, 0.05) is 67.7 Å². The predicted molar refractivity (Wildman–Crippen MR) is 474 cm³/mol. The van der Waals surface area contributed by atoms with Gasteiger partial charge in [0.1, 0.15) is 45.2 Å². The molecule has 29 nitrogen and oxygen atoms in total. The van der Waals surface area contributed by atoms with Crippen molar-refractivity contribution in [2.45, 2.75) is 232 Å². The Kier molecular flexibility index (Phi) is 44.3. The van der Waals surface area contributed by atoms with Crippen molar-refractivity contribution in [3.8, 4) is 0 Å². The van der Waals surface area contributed by atoms with Gasteiger partial charge in [0.05, 0.1) is 108 Å². The number of nitrogens with one attached hydrogen (secondary N) is 2. The van der Waals surface area contributed by atoms with E-state index in [1.165, 1.54) is 54.0 Å². The Morgan fingerprint density at radius 3 is 1.01 bits per heavy atom. The first-order valence-electron chi connectivity index (χ1n) is 43.6. The third-order valence-electron chi connectivity index (χ3n) is 21.0. The quantitative estimate of drug-likeness (QED) is 0.0285. The van der Waals surface area contributed by atoms with Crippen molar-refractivity contribution >= 4 is 59.6 Å². The smallest absolute Gasteiger partial charge is 0.339 e. The summed E-state index contributed by atoms with van der Waals surface area (Å²) < 4.78 is 94.7. The average molecular weight is 1790 g/mol. The van der Waals surface area contributed by atoms with Crippen LogP contribution < -0.4 is 10.6 Å². The highest BCUT2D eigenvalue weighted by atomic mass is 16.7. The van der Waals surface area contributed by atoms with Crippen LogP contribution in [0, 0.1) is 5.92 Å². The third kappa shape index (κ3) is 38.4. The van der Waals surface area contributed by atoms with Crippen LogP contribution >= 0.6 is 0 Å². The highest BCUT2D eigenvalue weighted by Gasteiger charge is 2.50. The van der Waals surface area contributed by atoms with Crippen molar-refractivity contribution in [2.24, 2.45) is 5.92 Å². The normalized spacial score (nSPS) is 22.5. The first-order chi connectivity index (χ1) is 62.9. The summed E-state index contributed by atoms with van der Waals surface area (Å²) in [6, 6.07) is 76.9. The number of amides is 2. The molecule has 0 aromatic heterocycles. The topological polar surface area (TPSA) is 352 Å². The van der Waals surface area contributed by atoms with E-state index in [4.69, 9.17) is 80.5 Å². The van der Waals surface area contributed by atoms with Crippen LogP contribution in [0.25, 0.3) is 0 Å². The zero-order valence-corrected chi connectivity index (χ0v) is 74.6. The Hall–Kier alpha value is -11.9. The Bertz CT molecular complexity index is 4590. The Morgan fingerprint density at radius 2 is 0.631 bits per heavy atom. The molecule has 0 spiro atoms. The molecule has 1 aliphatic carbocycles. The van der Waals surface area contributed by atoms with Crippen LogP contribution in [-0.4, -0.2) is 185 Å². The van der Waals surface area contributed by atoms with Crippen molar-refractivity contribution in [3.63, 3.8) is 0 Å². The molecule has 1 saturated carbocycles. The number of benzene rings is 8. The molecule has 4 heterocycles. The van der Waals surface area contributed by atoms with E-state index >= 15 is 0 Å². The highest BCUT2D eigenvalue weighted by Crippen LogP contribution is 2.31. The van der Waals surface area contributed by atoms with Gasteiger partial charge in [0.25, 0.3) is 0 Å². The van der Waals surface area contributed by atoms with E-state index in [1.807, 2.05) is 231 Å². The predicted octanol–water partition coefficient (Wildman–Crippen LogP) is 13.0. The number of esters is 8. The molecule has 5 fully saturated rings. The van der Waals surface area contributed by atoms with Gasteiger partial charge in [-0.25, -0.2) is 9.59 Å². The molecule has 9 unspecified atom stereocenters. The van der Waals surface area contributed by atoms with Crippen LogP contribution in [0.3, 0.4) is 0 Å². The fraction of sp³-hybridized carbons (Fsp3) is 0.426. The molecule has 696 valence electrons. The SMILES string of the molecule is CC(=O)NC1COC(COC(C)=O)C[C@H]1OCc1ccccc1.CC(=O)NC1COC(COC(C)=O)C[C@H]1OCc1ccccc1.CC(=O)OC1COC(C(=O)OCc2ccccc2)C[C@H]1OCc1ccccc1.CC(=O)OC1COC(C(=O)OCc2ccccc2)[C@H](OC(C)=O)[C@H]1OCc1ccccc1.O=C(OCc1ccccc1)C1CCC[C@H](OCc2ccccc2)C1. The largest absolute Gasteiger partial charge is 0.463 e. The van der Waals surface area contributed by atoms with Crippen molar-refractivity contribution in [2.75, 3.05) is 39.6 Å². The van der Waals surface area contributed by atoms with Gasteiger partial charge in [0.15, 0.2) is 30.5 Å². The summed E-state index contributed by atoms with van der Waals surface area (Å²) in [5, 5.41) is 5.71. The molecule has 8 aromatic rings. The first-order valence-corrected chi connectivity index (χ1v) is 43.6. The van der Waals surface area contributed by atoms with Crippen molar-refractivity contribution in [1.82, 2.24) is 10.6 Å². The standard InChI is InChI=1S/C24H26O8.C22H24O6.C21H24O3.2C17H23NO5/c1-16(25)31-20-15-29-23(24(27)30-14-19-11-7-4-8-12-19)22(32-17(2)26)21(20)28-13-18-9-5-3-6-10-18;1-16(23)28-21-15-26-20(22(24)27-14-18-10-6-3-7-11-18)12-19(21)25-13-17-8-4-2-5-9-17;22-21(24-16-18-10-5-2-6-11-18)19-12-7-13-20(14-19)23-15-17-8-3-1-4-9-17;2*1-12(19)18-16-11-22-15(10-21-13(2)20)8-17(16)23-9-14-6-4-3-5-7-14/h3-12,20-23H,13-15H2,1-2H3;2-11,19-21H,12-15H2,1H3;1-6,8-11,19-20H,7,12-16H2;2*3-7,15-17H,8-11H2,1-2H3,(H,18,19)/t20?,21-,22+,23?;19-,20?,21?;19?,20-;2*15?,16?,17-/m01011/s1. The van der Waals surface area contributed by atoms with Gasteiger partial charge in [-0.1, -0.05) is 249 Å². The molecule has 2 N–H and O–H groups in total. The Labute approximate surface area is 759 Å². The minimum Gasteiger partial charge on any atom is -0.463 e. The van der Waals surface area contributed by atoms with Crippen LogP contribution in [0.15, 0.2) is 243 Å². The Balaban J connectivity index is 0.000000184. The average Bonchev–Trinajstić information content (AvgIpc) is 0.795. The lowest BCUT2D eigenvalue weighted by Gasteiger charge is -2.40. The summed E-state index contributed by atoms with van der Waals surface area (Å²) in [5.74, 6) is -3.76. The lowest BCUT2D eigenvalue weighted by Crippen LogP contribution is -2.59. The molecule has 8 aromatic carbocycles. The number of rotatable bonds is 33. The van der Waals surface area contributed by atoms with Crippen LogP contribution in [0.1, 0.15) is 138 Å². The molecule has 4 aliphatic heterocycles. The van der Waals surface area contributed by atoms with Gasteiger partial charge in [-0.3, -0.25) is 38.4 Å². The molecule has 0 radical (unpaired) electrons. The third-order valence-corrected chi connectivity index (χ3v) is 21.0. The van der Waals surface area contributed by atoms with Crippen molar-refractivity contribution in [1.29, 1.82) is 0 Å². The maximum Gasteiger partial charge on any atom is 0.339 e. The van der Waals surface area contributed by atoms with Crippen LogP contribution in [0.5, 0.6) is 0 Å². The molecular formula is C101H120N2O27. The maximum absolute atomic E-state index is 12.8. The summed E-state index contributed by atoms with van der Waals surface area (Å²) in [6.07, 6.45) is -1.50. The van der Waals surface area contributed by atoms with Crippen LogP contribution in [-0.2, 0) is 181 Å². The molecule has 4 saturated heterocycles. The second-order valence-corrected chi connectivity index (χ2v) is 31.6. The number of carbonyl (C=O) groups excluding carboxylic acids is 10. The molecule has 15 atom stereocenters. The molecule has 13 rings (SSSR count). The van der Waals surface area contributed by atoms with E-state index in [9.17, 15) is 47.9 Å². The van der Waals surface area contributed by atoms with Gasteiger partial charge in [-0.15, -0.1) is 0 Å². The summed E-state index contributed by atoms with van der Waals surface area (Å²) in [6.45, 7) is 13.2.